The highest BCUT2D eigenvalue weighted by molar-refractivity contribution is 6.19. The molecule has 1 aliphatic heterocycles. The van der Waals surface area contributed by atoms with Gasteiger partial charge in [-0.25, -0.2) is 0 Å². The number of rotatable bonds is 3. The molecule has 0 saturated carbocycles. The summed E-state index contributed by atoms with van der Waals surface area (Å²) >= 11 is 0. The van der Waals surface area contributed by atoms with Gasteiger partial charge < -0.3 is 10.6 Å². The van der Waals surface area contributed by atoms with E-state index in [1.165, 1.54) is 17.2 Å². The smallest absolute Gasteiger partial charge is 0.200 e. The number of benzene rings is 2. The van der Waals surface area contributed by atoms with E-state index < -0.39 is 0 Å². The van der Waals surface area contributed by atoms with E-state index in [-0.39, 0.29) is 0 Å². The van der Waals surface area contributed by atoms with Gasteiger partial charge in [-0.05, 0) is 23.9 Å². The fourth-order valence-electron chi connectivity index (χ4n) is 2.26. The van der Waals surface area contributed by atoms with Crippen LogP contribution in [-0.4, -0.2) is 12.5 Å². The van der Waals surface area contributed by atoms with Gasteiger partial charge in [-0.15, -0.1) is 0 Å². The minimum atomic E-state index is 0.856. The molecule has 18 heavy (non-hydrogen) atoms. The van der Waals surface area contributed by atoms with Crippen LogP contribution in [0.1, 0.15) is 19.8 Å². The van der Waals surface area contributed by atoms with Gasteiger partial charge in [0.25, 0.3) is 0 Å². The van der Waals surface area contributed by atoms with Crippen molar-refractivity contribution in [1.29, 1.82) is 0 Å². The Kier molecular flexibility index (Phi) is 2.89. The highest BCUT2D eigenvalue weighted by atomic mass is 15.2. The predicted molar refractivity (Wildman–Crippen MR) is 78.4 cm³/mol. The van der Waals surface area contributed by atoms with Crippen LogP contribution in [0.5, 0.6) is 0 Å². The molecule has 0 unspecified atom stereocenters. The fraction of sp³-hybridized carbons (Fsp3) is 0.267. The molecular weight excluding hydrogens is 222 g/mol. The van der Waals surface area contributed by atoms with Gasteiger partial charge >= 0.3 is 0 Å². The lowest BCUT2D eigenvalue weighted by molar-refractivity contribution is 0.807. The normalized spacial score (nSPS) is 13.1. The molecule has 3 rings (SSSR count). The minimum absolute atomic E-state index is 0.856. The van der Waals surface area contributed by atoms with Crippen molar-refractivity contribution in [3.8, 4) is 0 Å². The van der Waals surface area contributed by atoms with Crippen molar-refractivity contribution in [2.75, 3.05) is 17.2 Å². The number of aliphatic imine (C=N–C) groups is 1. The Labute approximate surface area is 107 Å². The van der Waals surface area contributed by atoms with Crippen molar-refractivity contribution in [2.45, 2.75) is 19.8 Å². The van der Waals surface area contributed by atoms with Gasteiger partial charge in [-0.3, -0.25) is 4.99 Å². The molecule has 0 atom stereocenters. The van der Waals surface area contributed by atoms with Crippen molar-refractivity contribution in [1.82, 2.24) is 0 Å². The second-order valence-electron chi connectivity index (χ2n) is 4.54. The third kappa shape index (κ3) is 1.92. The third-order valence-corrected chi connectivity index (χ3v) is 3.19. The molecule has 0 amide bonds. The van der Waals surface area contributed by atoms with E-state index in [4.69, 9.17) is 0 Å². The number of hydrogen-bond acceptors (Lipinski definition) is 1. The average molecular weight is 239 g/mol. The Morgan fingerprint density at radius 2 is 1.67 bits per heavy atom. The Bertz CT molecular complexity index is 559. The Balaban J connectivity index is 1.98. The average Bonchev–Trinajstić information content (AvgIpc) is 2.40. The predicted octanol–water partition coefficient (Wildman–Crippen LogP) is 3.83. The van der Waals surface area contributed by atoms with Crippen molar-refractivity contribution in [2.24, 2.45) is 4.99 Å². The molecular formula is C15H17N3. The van der Waals surface area contributed by atoms with E-state index in [1.807, 2.05) is 0 Å². The lowest BCUT2D eigenvalue weighted by atomic mass is 10.1. The molecule has 0 saturated heterocycles. The lowest BCUT2D eigenvalue weighted by Crippen LogP contribution is -2.26. The summed E-state index contributed by atoms with van der Waals surface area (Å²) in [7, 11) is 0. The zero-order chi connectivity index (χ0) is 12.4. The van der Waals surface area contributed by atoms with E-state index >= 15 is 0 Å². The van der Waals surface area contributed by atoms with Crippen LogP contribution in [0.3, 0.4) is 0 Å². The van der Waals surface area contributed by atoms with Crippen LogP contribution < -0.4 is 10.6 Å². The molecule has 3 heteroatoms. The van der Waals surface area contributed by atoms with Crippen molar-refractivity contribution >= 4 is 28.1 Å². The third-order valence-electron chi connectivity index (χ3n) is 3.19. The first-order valence-corrected chi connectivity index (χ1v) is 6.48. The van der Waals surface area contributed by atoms with Gasteiger partial charge in [0.1, 0.15) is 0 Å². The van der Waals surface area contributed by atoms with Crippen LogP contribution in [0.4, 0.5) is 11.4 Å². The molecule has 0 bridgehead atoms. The van der Waals surface area contributed by atoms with Crippen LogP contribution in [0, 0.1) is 0 Å². The molecule has 0 aliphatic carbocycles. The number of hydrogen-bond donors (Lipinski definition) is 2. The summed E-state index contributed by atoms with van der Waals surface area (Å²) in [4.78, 5) is 4.55. The molecule has 0 radical (unpaired) electrons. The summed E-state index contributed by atoms with van der Waals surface area (Å²) in [6.45, 7) is 3.04. The Morgan fingerprint density at radius 3 is 2.28 bits per heavy atom. The number of anilines is 2. The standard InChI is InChI=1S/C15H17N3/c1-2-3-10-16-15-17-12-8-4-6-11-7-5-9-13(18-15)14(11)12/h4-9H,2-3,10H2,1H3,(H2,16,17,18). The minimum Gasteiger partial charge on any atom is -0.325 e. The van der Waals surface area contributed by atoms with E-state index in [0.29, 0.717) is 0 Å². The van der Waals surface area contributed by atoms with Crippen molar-refractivity contribution in [3.63, 3.8) is 0 Å². The maximum Gasteiger partial charge on any atom is 0.200 e. The van der Waals surface area contributed by atoms with Crippen LogP contribution >= 0.6 is 0 Å². The second kappa shape index (κ2) is 4.69. The zero-order valence-electron chi connectivity index (χ0n) is 10.5. The van der Waals surface area contributed by atoms with Gasteiger partial charge in [0.05, 0.1) is 11.4 Å². The molecule has 2 N–H and O–H groups in total. The highest BCUT2D eigenvalue weighted by Crippen LogP contribution is 2.33. The van der Waals surface area contributed by atoms with E-state index in [2.05, 4.69) is 58.9 Å². The van der Waals surface area contributed by atoms with Crippen LogP contribution in [0.15, 0.2) is 41.4 Å². The molecule has 0 spiro atoms. The summed E-state index contributed by atoms with van der Waals surface area (Å²) in [5.74, 6) is 0.856. The summed E-state index contributed by atoms with van der Waals surface area (Å²) in [6, 6.07) is 12.6. The first kappa shape index (κ1) is 11.1. The highest BCUT2D eigenvalue weighted by Gasteiger charge is 2.14. The number of unbranched alkanes of at least 4 members (excludes halogenated alkanes) is 1. The number of guanidine groups is 1. The fourth-order valence-corrected chi connectivity index (χ4v) is 2.26. The maximum absolute atomic E-state index is 4.55. The van der Waals surface area contributed by atoms with Crippen molar-refractivity contribution < 1.29 is 0 Å². The van der Waals surface area contributed by atoms with E-state index in [0.717, 1.165) is 30.3 Å². The lowest BCUT2D eigenvalue weighted by Gasteiger charge is -2.22. The van der Waals surface area contributed by atoms with Crippen LogP contribution in [0.25, 0.3) is 10.8 Å². The monoisotopic (exact) mass is 239 g/mol. The van der Waals surface area contributed by atoms with Gasteiger partial charge in [0.2, 0.25) is 0 Å². The topological polar surface area (TPSA) is 36.4 Å². The largest absolute Gasteiger partial charge is 0.325 e. The first-order valence-electron chi connectivity index (χ1n) is 6.48. The Hall–Kier alpha value is -2.03. The van der Waals surface area contributed by atoms with Gasteiger partial charge in [0.15, 0.2) is 5.96 Å². The van der Waals surface area contributed by atoms with Crippen LogP contribution in [-0.2, 0) is 0 Å². The molecule has 1 aliphatic rings. The summed E-state index contributed by atoms with van der Waals surface area (Å²) in [6.07, 6.45) is 2.29. The quantitative estimate of drug-likeness (QED) is 0.798. The first-order chi connectivity index (χ1) is 8.88. The van der Waals surface area contributed by atoms with Gasteiger partial charge in [-0.1, -0.05) is 37.6 Å². The molecule has 2 aromatic rings. The SMILES string of the molecule is CCCCN=C1Nc2cccc3cccc(c23)N1. The maximum atomic E-state index is 4.55. The van der Waals surface area contributed by atoms with Gasteiger partial charge in [-0.2, -0.15) is 0 Å². The summed E-state index contributed by atoms with van der Waals surface area (Å²) < 4.78 is 0. The van der Waals surface area contributed by atoms with Crippen molar-refractivity contribution in [3.05, 3.63) is 36.4 Å². The molecule has 2 aromatic carbocycles. The molecule has 92 valence electrons. The van der Waals surface area contributed by atoms with E-state index in [9.17, 15) is 0 Å². The second-order valence-corrected chi connectivity index (χ2v) is 4.54. The van der Waals surface area contributed by atoms with Crippen LogP contribution in [0.2, 0.25) is 0 Å². The molecule has 0 fully saturated rings. The van der Waals surface area contributed by atoms with E-state index in [1.54, 1.807) is 0 Å². The number of nitrogens with zero attached hydrogens (tertiary/aromatic N) is 1. The molecule has 1 heterocycles. The Morgan fingerprint density at radius 1 is 1.00 bits per heavy atom. The van der Waals surface area contributed by atoms with Gasteiger partial charge in [0, 0.05) is 11.9 Å². The molecule has 0 aromatic heterocycles. The molecule has 3 nitrogen and oxygen atoms in total. The zero-order valence-corrected chi connectivity index (χ0v) is 10.5. The summed E-state index contributed by atoms with van der Waals surface area (Å²) in [5.41, 5.74) is 2.27. The number of nitrogens with one attached hydrogen (secondary N) is 2. The summed E-state index contributed by atoms with van der Waals surface area (Å²) in [5, 5.41) is 9.21.